The highest BCUT2D eigenvalue weighted by molar-refractivity contribution is 6.33. The second-order valence-electron chi connectivity index (χ2n) is 3.61. The number of aliphatic carboxylic acids is 1. The molecule has 0 aliphatic rings. The maximum atomic E-state index is 11.6. The molecule has 0 bridgehead atoms. The lowest BCUT2D eigenvalue weighted by Crippen LogP contribution is -2.31. The number of halogens is 1. The predicted octanol–water partition coefficient (Wildman–Crippen LogP) is 1.50. The van der Waals surface area contributed by atoms with Crippen molar-refractivity contribution in [3.63, 3.8) is 0 Å². The van der Waals surface area contributed by atoms with Crippen molar-refractivity contribution in [2.45, 2.75) is 6.92 Å². The average Bonchev–Trinajstić information content (AvgIpc) is 2.28. The van der Waals surface area contributed by atoms with E-state index in [4.69, 9.17) is 16.7 Å². The van der Waals surface area contributed by atoms with Crippen LogP contribution in [0.1, 0.15) is 17.3 Å². The number of carboxylic acids is 1. The number of hydrogen-bond acceptors (Lipinski definition) is 3. The molecular formula is C11H12ClNO4. The van der Waals surface area contributed by atoms with Crippen LogP contribution in [0, 0.1) is 5.92 Å². The third kappa shape index (κ3) is 3.64. The SMILES string of the molecule is CC(CNC(=O)c1cc(O)ccc1Cl)C(=O)O. The van der Waals surface area contributed by atoms with Gasteiger partial charge in [0, 0.05) is 6.54 Å². The average molecular weight is 258 g/mol. The van der Waals surface area contributed by atoms with Crippen molar-refractivity contribution in [3.8, 4) is 5.75 Å². The van der Waals surface area contributed by atoms with E-state index in [1.54, 1.807) is 0 Å². The van der Waals surface area contributed by atoms with Gasteiger partial charge >= 0.3 is 5.97 Å². The Balaban J connectivity index is 2.70. The number of phenolic OH excluding ortho intramolecular Hbond substituents is 1. The van der Waals surface area contributed by atoms with E-state index in [9.17, 15) is 14.7 Å². The van der Waals surface area contributed by atoms with Gasteiger partial charge in [-0.3, -0.25) is 9.59 Å². The molecule has 1 unspecified atom stereocenters. The second-order valence-corrected chi connectivity index (χ2v) is 4.02. The van der Waals surface area contributed by atoms with E-state index in [2.05, 4.69) is 5.32 Å². The van der Waals surface area contributed by atoms with Gasteiger partial charge in [0.15, 0.2) is 0 Å². The fourth-order valence-corrected chi connectivity index (χ4v) is 1.32. The summed E-state index contributed by atoms with van der Waals surface area (Å²) in [5.41, 5.74) is 0.115. The van der Waals surface area contributed by atoms with Gasteiger partial charge in [-0.05, 0) is 18.2 Å². The Morgan fingerprint density at radius 1 is 1.47 bits per heavy atom. The van der Waals surface area contributed by atoms with Crippen molar-refractivity contribution in [3.05, 3.63) is 28.8 Å². The first-order valence-electron chi connectivity index (χ1n) is 4.91. The molecule has 1 aromatic rings. The van der Waals surface area contributed by atoms with Crippen LogP contribution < -0.4 is 5.32 Å². The summed E-state index contributed by atoms with van der Waals surface area (Å²) in [6.07, 6.45) is 0. The Bertz CT molecular complexity index is 447. The van der Waals surface area contributed by atoms with E-state index in [1.165, 1.54) is 25.1 Å². The molecule has 6 heteroatoms. The maximum absolute atomic E-state index is 11.6. The summed E-state index contributed by atoms with van der Waals surface area (Å²) in [6, 6.07) is 3.98. The lowest BCUT2D eigenvalue weighted by molar-refractivity contribution is -0.140. The number of nitrogens with one attached hydrogen (secondary N) is 1. The van der Waals surface area contributed by atoms with Crippen molar-refractivity contribution in [1.82, 2.24) is 5.32 Å². The summed E-state index contributed by atoms with van der Waals surface area (Å²) >= 11 is 5.78. The number of rotatable bonds is 4. The smallest absolute Gasteiger partial charge is 0.308 e. The third-order valence-electron chi connectivity index (χ3n) is 2.18. The minimum absolute atomic E-state index is 0.000151. The molecule has 1 amide bonds. The van der Waals surface area contributed by atoms with Gasteiger partial charge in [-0.15, -0.1) is 0 Å². The van der Waals surface area contributed by atoms with Crippen molar-refractivity contribution in [2.75, 3.05) is 6.54 Å². The van der Waals surface area contributed by atoms with Gasteiger partial charge in [-0.2, -0.15) is 0 Å². The van der Waals surface area contributed by atoms with Gasteiger partial charge in [0.25, 0.3) is 5.91 Å². The Morgan fingerprint density at radius 2 is 2.12 bits per heavy atom. The van der Waals surface area contributed by atoms with Crippen LogP contribution in [-0.4, -0.2) is 28.6 Å². The molecule has 5 nitrogen and oxygen atoms in total. The number of amides is 1. The molecule has 0 fully saturated rings. The van der Waals surface area contributed by atoms with Gasteiger partial charge in [0.05, 0.1) is 16.5 Å². The maximum Gasteiger partial charge on any atom is 0.308 e. The first-order valence-corrected chi connectivity index (χ1v) is 5.29. The zero-order chi connectivity index (χ0) is 13.0. The number of carbonyl (C=O) groups excluding carboxylic acids is 1. The van der Waals surface area contributed by atoms with E-state index < -0.39 is 17.8 Å². The molecular weight excluding hydrogens is 246 g/mol. The van der Waals surface area contributed by atoms with Crippen LogP contribution in [0.2, 0.25) is 5.02 Å². The monoisotopic (exact) mass is 257 g/mol. The second kappa shape index (κ2) is 5.54. The molecule has 0 aromatic heterocycles. The Morgan fingerprint density at radius 3 is 2.71 bits per heavy atom. The third-order valence-corrected chi connectivity index (χ3v) is 2.51. The number of carboxylic acid groups (broad SMARTS) is 1. The van der Waals surface area contributed by atoms with Crippen LogP contribution in [0.3, 0.4) is 0 Å². The summed E-state index contributed by atoms with van der Waals surface area (Å²) in [7, 11) is 0. The lowest BCUT2D eigenvalue weighted by atomic mass is 10.1. The van der Waals surface area contributed by atoms with Crippen LogP contribution in [0.25, 0.3) is 0 Å². The standard InChI is InChI=1S/C11H12ClNO4/c1-6(11(16)17)5-13-10(15)8-4-7(14)2-3-9(8)12/h2-4,6,14H,5H2,1H3,(H,13,15)(H,16,17). The molecule has 17 heavy (non-hydrogen) atoms. The highest BCUT2D eigenvalue weighted by Gasteiger charge is 2.15. The molecule has 0 radical (unpaired) electrons. The van der Waals surface area contributed by atoms with Crippen molar-refractivity contribution in [2.24, 2.45) is 5.92 Å². The Hall–Kier alpha value is -1.75. The number of phenols is 1. The number of benzene rings is 1. The molecule has 1 aromatic carbocycles. The van der Waals surface area contributed by atoms with E-state index in [1.807, 2.05) is 0 Å². The van der Waals surface area contributed by atoms with Crippen LogP contribution in [-0.2, 0) is 4.79 Å². The minimum atomic E-state index is -0.993. The zero-order valence-corrected chi connectivity index (χ0v) is 9.86. The molecule has 0 aliphatic carbocycles. The van der Waals surface area contributed by atoms with E-state index >= 15 is 0 Å². The number of carbonyl (C=O) groups is 2. The van der Waals surface area contributed by atoms with E-state index in [0.717, 1.165) is 0 Å². The first kappa shape index (κ1) is 13.3. The molecule has 0 saturated heterocycles. The Labute approximate surface area is 103 Å². The van der Waals surface area contributed by atoms with E-state index in [-0.39, 0.29) is 22.9 Å². The van der Waals surface area contributed by atoms with Gasteiger partial charge in [-0.25, -0.2) is 0 Å². The molecule has 1 rings (SSSR count). The minimum Gasteiger partial charge on any atom is -0.508 e. The predicted molar refractivity (Wildman–Crippen MR) is 62.2 cm³/mol. The van der Waals surface area contributed by atoms with Crippen LogP contribution in [0.15, 0.2) is 18.2 Å². The fraction of sp³-hybridized carbons (Fsp3) is 0.273. The topological polar surface area (TPSA) is 86.6 Å². The summed E-state index contributed by atoms with van der Waals surface area (Å²) in [5.74, 6) is -2.27. The van der Waals surface area contributed by atoms with Crippen LogP contribution in [0.5, 0.6) is 5.75 Å². The van der Waals surface area contributed by atoms with Crippen molar-refractivity contribution in [1.29, 1.82) is 0 Å². The van der Waals surface area contributed by atoms with Crippen LogP contribution >= 0.6 is 11.6 Å². The molecule has 1 atom stereocenters. The molecule has 0 heterocycles. The van der Waals surface area contributed by atoms with Crippen molar-refractivity contribution < 1.29 is 19.8 Å². The van der Waals surface area contributed by atoms with Crippen molar-refractivity contribution >= 4 is 23.5 Å². The van der Waals surface area contributed by atoms with Gasteiger partial charge in [0.2, 0.25) is 0 Å². The summed E-state index contributed by atoms with van der Waals surface area (Å²) in [6.45, 7) is 1.48. The number of hydrogen-bond donors (Lipinski definition) is 3. The normalized spacial score (nSPS) is 11.9. The number of aromatic hydroxyl groups is 1. The molecule has 3 N–H and O–H groups in total. The molecule has 0 saturated carbocycles. The fourth-order valence-electron chi connectivity index (χ4n) is 1.12. The lowest BCUT2D eigenvalue weighted by Gasteiger charge is -2.09. The van der Waals surface area contributed by atoms with Gasteiger partial charge in [-0.1, -0.05) is 18.5 Å². The summed E-state index contributed by atoms with van der Waals surface area (Å²) in [4.78, 5) is 22.2. The quantitative estimate of drug-likeness (QED) is 0.763. The first-order chi connectivity index (χ1) is 7.91. The summed E-state index contributed by atoms with van der Waals surface area (Å²) < 4.78 is 0. The highest BCUT2D eigenvalue weighted by Crippen LogP contribution is 2.20. The zero-order valence-electron chi connectivity index (χ0n) is 9.11. The molecule has 0 spiro atoms. The van der Waals surface area contributed by atoms with Gasteiger partial charge in [0.1, 0.15) is 5.75 Å². The van der Waals surface area contributed by atoms with E-state index in [0.29, 0.717) is 0 Å². The highest BCUT2D eigenvalue weighted by atomic mass is 35.5. The molecule has 92 valence electrons. The largest absolute Gasteiger partial charge is 0.508 e. The summed E-state index contributed by atoms with van der Waals surface area (Å²) in [5, 5.41) is 20.5. The van der Waals surface area contributed by atoms with Gasteiger partial charge < -0.3 is 15.5 Å². The van der Waals surface area contributed by atoms with Crippen LogP contribution in [0.4, 0.5) is 0 Å². The Kier molecular flexibility index (Phi) is 4.34. The molecule has 0 aliphatic heterocycles.